The van der Waals surface area contributed by atoms with Crippen LogP contribution in [0, 0.1) is 0 Å². The molecule has 2 saturated carbocycles. The van der Waals surface area contributed by atoms with Crippen molar-refractivity contribution in [1.82, 2.24) is 0 Å². The van der Waals surface area contributed by atoms with Crippen LogP contribution < -0.4 is 37.9 Å². The van der Waals surface area contributed by atoms with Gasteiger partial charge in [-0.1, -0.05) is 389 Å². The molecule has 0 heterocycles. The van der Waals surface area contributed by atoms with E-state index in [0.717, 1.165) is 84.5 Å². The van der Waals surface area contributed by atoms with Crippen molar-refractivity contribution in [2.75, 3.05) is 0 Å². The molecule has 16 heteroatoms. The number of rotatable bonds is 28. The second-order valence-corrected chi connectivity index (χ2v) is 46.5. The van der Waals surface area contributed by atoms with Gasteiger partial charge in [0, 0.05) is 81.9 Å². The van der Waals surface area contributed by atoms with E-state index in [-0.39, 0.29) is 44.8 Å². The lowest BCUT2D eigenvalue weighted by molar-refractivity contribution is 0.0487. The van der Waals surface area contributed by atoms with Crippen LogP contribution in [0.4, 0.5) is 0 Å². The molecule has 0 amide bonds. The summed E-state index contributed by atoms with van der Waals surface area (Å²) in [6, 6.07) is 91.5. The molecule has 0 spiro atoms. The Hall–Kier alpha value is -6.10. The average molecular weight is 2040 g/mol. The second kappa shape index (κ2) is 103. The number of para-hydroxylation sites is 8. The number of ether oxygens (including phenoxy) is 8. The molecule has 2 aliphatic rings. The van der Waals surface area contributed by atoms with Crippen molar-refractivity contribution in [2.45, 2.75) is 476 Å². The Morgan fingerprint density at radius 3 is 0.482 bits per heavy atom. The van der Waals surface area contributed by atoms with Crippen LogP contribution in [-0.4, -0.2) is 127 Å². The Kier molecular flexibility index (Phi) is 112. The second-order valence-electron chi connectivity index (χ2n) is 38.5. The molecule has 8 aromatic rings. The first-order chi connectivity index (χ1) is 65.1. The van der Waals surface area contributed by atoms with Gasteiger partial charge in [0.15, 0.2) is 0 Å². The normalized spacial score (nSPS) is 12.0. The van der Waals surface area contributed by atoms with Crippen LogP contribution in [0.15, 0.2) is 243 Å². The van der Waals surface area contributed by atoms with E-state index in [1.54, 1.807) is 0 Å². The van der Waals surface area contributed by atoms with Crippen molar-refractivity contribution >= 4 is 81.9 Å². The zero-order chi connectivity index (χ0) is 106. The lowest BCUT2D eigenvalue weighted by Crippen LogP contribution is -2.34. The van der Waals surface area contributed by atoms with Crippen molar-refractivity contribution in [1.29, 1.82) is 0 Å². The lowest BCUT2D eigenvalue weighted by Gasteiger charge is -2.34. The molecule has 8 nitrogen and oxygen atoms in total. The average Bonchev–Trinajstić information content (AvgIpc) is 1.15. The highest BCUT2D eigenvalue weighted by Crippen LogP contribution is 2.35. The van der Waals surface area contributed by atoms with E-state index in [1.165, 1.54) is 239 Å². The fourth-order valence-electron chi connectivity index (χ4n) is 10.5. The van der Waals surface area contributed by atoms with Crippen molar-refractivity contribution in [3.8, 4) is 46.0 Å². The largest absolute Gasteiger partial charge is 0.488 e. The van der Waals surface area contributed by atoms with Crippen LogP contribution in [0.1, 0.15) is 383 Å². The third-order valence-corrected chi connectivity index (χ3v) is 28.1. The van der Waals surface area contributed by atoms with Gasteiger partial charge in [-0.2, -0.15) is 0 Å². The molecule has 10 rings (SSSR count). The van der Waals surface area contributed by atoms with Gasteiger partial charge in [0.1, 0.15) is 90.8 Å². The Balaban J connectivity index is -0.000000185. The minimum atomic E-state index is -0.0959. The summed E-state index contributed by atoms with van der Waals surface area (Å²) in [4.78, 5) is 0. The highest BCUT2D eigenvalue weighted by molar-refractivity contribution is 6.09. The molecule has 0 bridgehead atoms. The minimum Gasteiger partial charge on any atom is -0.488 e. The first-order valence-electron chi connectivity index (χ1n) is 55.0. The molecule has 2 fully saturated rings. The smallest absolute Gasteiger partial charge is 0.120 e. The summed E-state index contributed by atoms with van der Waals surface area (Å²) >= 11 is 0. The standard InChI is InChI=1S/C13H18O.C12H16O.2C12H18O.2C11H16O.2C10H14O.8C3H10Si.3C2H6/c1-13(10-6-3-7-11-13)14-12-8-4-2-5-9-12;1-12(9-5-6-10-12)13-11-7-3-2-4-8-11;2*1-4-10-12(2,3)13-11-8-6-5-7-9-11;2*1-4-11(2,3)12-10-8-6-5-7-9-10;2*1-10(2,3)11-9-7-5-4-6-8-9;8*1-2-3-4;3*1-2/h2,4-5,8-9H,3,6-7,10-11H2,1H3;2-4,7-8H,5-6,9-10H2,1H3;2*5-9H,4,10H2,1-3H3;2*5-9H,4H2,1-3H3;2*4-8H,1-3H3;8*2-3H2,1,4H3;3*1-2H3. The monoisotopic (exact) mass is 2030 g/mol. The van der Waals surface area contributed by atoms with Gasteiger partial charge < -0.3 is 37.9 Å². The van der Waals surface area contributed by atoms with E-state index in [4.69, 9.17) is 37.9 Å². The van der Waals surface area contributed by atoms with Gasteiger partial charge in [0.25, 0.3) is 0 Å². The summed E-state index contributed by atoms with van der Waals surface area (Å²) in [7, 11) is 11.1. The molecular formula is C121H228O8Si8. The van der Waals surface area contributed by atoms with Crippen molar-refractivity contribution in [3.05, 3.63) is 243 Å². The lowest BCUT2D eigenvalue weighted by atomic mass is 9.86. The summed E-state index contributed by atoms with van der Waals surface area (Å²) < 4.78 is 46.4. The maximum absolute atomic E-state index is 6.04. The van der Waals surface area contributed by atoms with Crippen LogP contribution in [-0.2, 0) is 0 Å². The number of benzene rings is 8. The molecule has 2 aliphatic carbocycles. The molecular weight excluding hydrogens is 1810 g/mol. The maximum atomic E-state index is 6.04. The Labute approximate surface area is 878 Å². The van der Waals surface area contributed by atoms with E-state index in [9.17, 15) is 0 Å². The fourth-order valence-corrected chi connectivity index (χ4v) is 10.5. The molecule has 0 aliphatic heterocycles. The van der Waals surface area contributed by atoms with E-state index in [0.29, 0.717) is 0 Å². The van der Waals surface area contributed by atoms with Gasteiger partial charge in [-0.3, -0.25) is 0 Å². The minimum absolute atomic E-state index is 0.0455. The molecule has 0 radical (unpaired) electrons. The summed E-state index contributed by atoms with van der Waals surface area (Å²) in [5.41, 5.74) is -0.210. The Morgan fingerprint density at radius 2 is 0.343 bits per heavy atom. The highest BCUT2D eigenvalue weighted by atomic mass is 28.2. The molecule has 0 unspecified atom stereocenters. The summed E-state index contributed by atoms with van der Waals surface area (Å²) in [6.07, 6.45) is 28.9. The van der Waals surface area contributed by atoms with Crippen LogP contribution in [0.3, 0.4) is 0 Å². The molecule has 792 valence electrons. The fraction of sp³-hybridized carbons (Fsp3) is 0.603. The van der Waals surface area contributed by atoms with Crippen LogP contribution >= 0.6 is 0 Å². The third kappa shape index (κ3) is 110. The first kappa shape index (κ1) is 149. The van der Waals surface area contributed by atoms with Gasteiger partial charge in [-0.15, -0.1) is 0 Å². The van der Waals surface area contributed by atoms with Crippen molar-refractivity contribution < 1.29 is 37.9 Å². The zero-order valence-corrected chi connectivity index (χ0v) is 114. The first-order valence-corrected chi connectivity index (χ1v) is 66.3. The summed E-state index contributed by atoms with van der Waals surface area (Å²) in [6.45, 7) is 71.9. The molecule has 0 N–H and O–H groups in total. The Bertz CT molecular complexity index is 3320. The van der Waals surface area contributed by atoms with Gasteiger partial charge in [0.05, 0.1) is 0 Å². The predicted molar refractivity (Wildman–Crippen MR) is 655 cm³/mol. The van der Waals surface area contributed by atoms with Gasteiger partial charge in [0.2, 0.25) is 0 Å². The summed E-state index contributed by atoms with van der Waals surface area (Å²) in [5, 5.41) is 0. The van der Waals surface area contributed by atoms with Gasteiger partial charge in [-0.25, -0.2) is 0 Å². The van der Waals surface area contributed by atoms with E-state index >= 15 is 0 Å². The molecule has 0 aromatic heterocycles. The van der Waals surface area contributed by atoms with Crippen LogP contribution in [0.2, 0.25) is 48.4 Å². The topological polar surface area (TPSA) is 73.8 Å². The quantitative estimate of drug-likeness (QED) is 0.0449. The van der Waals surface area contributed by atoms with Crippen molar-refractivity contribution in [2.24, 2.45) is 0 Å². The Morgan fingerprint density at radius 1 is 0.204 bits per heavy atom. The van der Waals surface area contributed by atoms with Crippen molar-refractivity contribution in [3.63, 3.8) is 0 Å². The third-order valence-electron chi connectivity index (χ3n) is 20.1. The molecule has 137 heavy (non-hydrogen) atoms. The molecule has 0 atom stereocenters. The van der Waals surface area contributed by atoms with E-state index in [1.807, 2.05) is 326 Å². The highest BCUT2D eigenvalue weighted by Gasteiger charge is 2.31. The molecule has 0 saturated heterocycles. The van der Waals surface area contributed by atoms with Crippen LogP contribution in [0.5, 0.6) is 46.0 Å². The maximum Gasteiger partial charge on any atom is 0.120 e. The number of hydrogen-bond donors (Lipinski definition) is 0. The van der Waals surface area contributed by atoms with Crippen LogP contribution in [0.25, 0.3) is 0 Å². The van der Waals surface area contributed by atoms with Gasteiger partial charge in [-0.05, 0) is 285 Å². The molecule has 8 aromatic carbocycles. The number of hydrogen-bond acceptors (Lipinski definition) is 8. The summed E-state index contributed by atoms with van der Waals surface area (Å²) in [5.74, 6) is 7.69. The SMILES string of the molecule is CC.CC.CC.CC(C)(C)Oc1ccccc1.CC(C)(C)Oc1ccccc1.CC1(Oc2ccccc2)CCCC1.CC1(Oc2ccccc2)CCCCC1.CCC(C)(C)Oc1ccccc1.CCC(C)(C)Oc1ccccc1.CCCC(C)(C)Oc1ccccc1.CCCC(C)(C)Oc1ccccc1.CCC[SiH3].CCC[SiH3].CCC[SiH3].CCC[SiH3].CCC[SiH3].CCC[SiH3].CCC[SiH3].CCC[SiH3]. The zero-order valence-electron chi connectivity index (χ0n) is 98.3. The van der Waals surface area contributed by atoms with Gasteiger partial charge >= 0.3 is 0 Å². The van der Waals surface area contributed by atoms with E-state index in [2.05, 4.69) is 152 Å². The van der Waals surface area contributed by atoms with E-state index < -0.39 is 0 Å². The predicted octanol–water partition coefficient (Wildman–Crippen LogP) is 31.2.